The van der Waals surface area contributed by atoms with E-state index in [2.05, 4.69) is 5.32 Å². The van der Waals surface area contributed by atoms with Crippen molar-refractivity contribution in [1.29, 1.82) is 0 Å². The van der Waals surface area contributed by atoms with Crippen LogP contribution in [0.15, 0.2) is 24.3 Å². The normalized spacial score (nSPS) is 13.6. The molecule has 0 aliphatic rings. The van der Waals surface area contributed by atoms with E-state index >= 15 is 0 Å². The quantitative estimate of drug-likeness (QED) is 0.809. The molecule has 1 amide bonds. The van der Waals surface area contributed by atoms with Gasteiger partial charge in [0.15, 0.2) is 12.1 Å². The summed E-state index contributed by atoms with van der Waals surface area (Å²) in [5.74, 6) is -1.98. The van der Waals surface area contributed by atoms with Crippen molar-refractivity contribution in [2.75, 3.05) is 6.67 Å². The Kier molecular flexibility index (Phi) is 6.42. The van der Waals surface area contributed by atoms with Gasteiger partial charge in [0.1, 0.15) is 12.4 Å². The second-order valence-electron chi connectivity index (χ2n) is 4.79. The number of nitrogens with one attached hydrogen (secondary N) is 1. The Hall–Kier alpha value is -1.82. The van der Waals surface area contributed by atoms with Gasteiger partial charge in [-0.2, -0.15) is 0 Å². The van der Waals surface area contributed by atoms with Gasteiger partial charge >= 0.3 is 5.97 Å². The van der Waals surface area contributed by atoms with Crippen LogP contribution in [-0.4, -0.2) is 35.8 Å². The molecule has 1 aromatic carbocycles. The van der Waals surface area contributed by atoms with Crippen molar-refractivity contribution >= 4 is 23.5 Å². The smallest absolute Gasteiger partial charge is 0.328 e. The molecule has 0 aromatic heterocycles. The molecule has 0 radical (unpaired) electrons. The topological polar surface area (TPSA) is 75.6 Å². The molecule has 7 heteroatoms. The number of carboxylic acids is 1. The van der Waals surface area contributed by atoms with Gasteiger partial charge in [-0.15, -0.1) is 0 Å². The molecule has 2 unspecified atom stereocenters. The Labute approximate surface area is 127 Å². The molecule has 2 N–H and O–H groups in total. The third-order valence-corrected chi connectivity index (χ3v) is 2.93. The molecule has 2 atom stereocenters. The van der Waals surface area contributed by atoms with Crippen LogP contribution in [0.4, 0.5) is 4.39 Å². The lowest BCUT2D eigenvalue weighted by Gasteiger charge is -2.23. The predicted molar refractivity (Wildman–Crippen MR) is 76.2 cm³/mol. The number of ether oxygens (including phenoxy) is 1. The number of alkyl halides is 1. The lowest BCUT2D eigenvalue weighted by Crippen LogP contribution is -2.49. The second kappa shape index (κ2) is 7.83. The highest BCUT2D eigenvalue weighted by Crippen LogP contribution is 2.20. The second-order valence-corrected chi connectivity index (χ2v) is 5.23. The molecule has 0 aliphatic heterocycles. The molecule has 0 fully saturated rings. The summed E-state index contributed by atoms with van der Waals surface area (Å²) < 4.78 is 18.1. The zero-order chi connectivity index (χ0) is 16.0. The number of halogens is 2. The van der Waals surface area contributed by atoms with E-state index in [1.807, 2.05) is 0 Å². The number of amides is 1. The van der Waals surface area contributed by atoms with Crippen LogP contribution in [0.1, 0.15) is 13.8 Å². The lowest BCUT2D eigenvalue weighted by molar-refractivity contribution is -0.144. The average molecular weight is 318 g/mol. The first-order valence-electron chi connectivity index (χ1n) is 6.36. The standard InChI is InChI=1S/C14H17ClFNO4/c1-8(2)12(13(18)17-11(7-16)14(19)20)21-10-5-3-4-9(15)6-10/h3-6,8,11-12H,7H2,1-2H3,(H,17,18)(H,19,20). The van der Waals surface area contributed by atoms with Crippen LogP contribution in [0.5, 0.6) is 5.75 Å². The highest BCUT2D eigenvalue weighted by molar-refractivity contribution is 6.30. The zero-order valence-electron chi connectivity index (χ0n) is 11.7. The van der Waals surface area contributed by atoms with Crippen LogP contribution < -0.4 is 10.1 Å². The molecule has 21 heavy (non-hydrogen) atoms. The minimum atomic E-state index is -1.58. The molecule has 0 saturated heterocycles. The molecule has 116 valence electrons. The van der Waals surface area contributed by atoms with Crippen LogP contribution in [-0.2, 0) is 9.59 Å². The molecular formula is C14H17ClFNO4. The first-order chi connectivity index (χ1) is 9.85. The van der Waals surface area contributed by atoms with Crippen molar-refractivity contribution in [2.24, 2.45) is 5.92 Å². The van der Waals surface area contributed by atoms with E-state index in [0.29, 0.717) is 10.8 Å². The number of carbonyl (C=O) groups excluding carboxylic acids is 1. The molecule has 0 saturated carbocycles. The fourth-order valence-corrected chi connectivity index (χ4v) is 1.78. The van der Waals surface area contributed by atoms with Gasteiger partial charge in [-0.25, -0.2) is 9.18 Å². The largest absolute Gasteiger partial charge is 0.480 e. The van der Waals surface area contributed by atoms with E-state index in [9.17, 15) is 14.0 Å². The van der Waals surface area contributed by atoms with Crippen LogP contribution >= 0.6 is 11.6 Å². The number of benzene rings is 1. The molecule has 1 rings (SSSR count). The first-order valence-corrected chi connectivity index (χ1v) is 6.74. The third kappa shape index (κ3) is 5.23. The Morgan fingerprint density at radius 2 is 2.10 bits per heavy atom. The Balaban J connectivity index is 2.81. The highest BCUT2D eigenvalue weighted by atomic mass is 35.5. The summed E-state index contributed by atoms with van der Waals surface area (Å²) in [5.41, 5.74) is 0. The number of aliphatic carboxylic acids is 1. The maximum Gasteiger partial charge on any atom is 0.328 e. The number of carboxylic acid groups (broad SMARTS) is 1. The van der Waals surface area contributed by atoms with Gasteiger partial charge in [0.2, 0.25) is 0 Å². The van der Waals surface area contributed by atoms with Gasteiger partial charge in [0.25, 0.3) is 5.91 Å². The molecule has 0 aliphatic carbocycles. The SMILES string of the molecule is CC(C)C(Oc1cccc(Cl)c1)C(=O)NC(CF)C(=O)O. The van der Waals surface area contributed by atoms with E-state index in [0.717, 1.165) is 0 Å². The molecule has 1 aromatic rings. The van der Waals surface area contributed by atoms with E-state index in [1.54, 1.807) is 32.0 Å². The maximum absolute atomic E-state index is 12.6. The summed E-state index contributed by atoms with van der Waals surface area (Å²) >= 11 is 5.83. The molecule has 0 bridgehead atoms. The van der Waals surface area contributed by atoms with E-state index < -0.39 is 30.7 Å². The minimum absolute atomic E-state index is 0.238. The fourth-order valence-electron chi connectivity index (χ4n) is 1.60. The number of hydrogen-bond donors (Lipinski definition) is 2. The van der Waals surface area contributed by atoms with Crippen LogP contribution in [0, 0.1) is 5.92 Å². The van der Waals surface area contributed by atoms with Crippen molar-refractivity contribution in [1.82, 2.24) is 5.32 Å². The van der Waals surface area contributed by atoms with Crippen LogP contribution in [0.3, 0.4) is 0 Å². The van der Waals surface area contributed by atoms with Gasteiger partial charge in [0, 0.05) is 5.02 Å². The van der Waals surface area contributed by atoms with Crippen molar-refractivity contribution < 1.29 is 23.8 Å². The third-order valence-electron chi connectivity index (χ3n) is 2.69. The predicted octanol–water partition coefficient (Wildman–Crippen LogP) is 2.28. The Morgan fingerprint density at radius 1 is 1.43 bits per heavy atom. The maximum atomic E-state index is 12.6. The van der Waals surface area contributed by atoms with Crippen molar-refractivity contribution in [3.63, 3.8) is 0 Å². The zero-order valence-corrected chi connectivity index (χ0v) is 12.4. The highest BCUT2D eigenvalue weighted by Gasteiger charge is 2.29. The summed E-state index contributed by atoms with van der Waals surface area (Å²) in [6.45, 7) is 2.28. The van der Waals surface area contributed by atoms with Gasteiger partial charge < -0.3 is 15.2 Å². The van der Waals surface area contributed by atoms with Gasteiger partial charge in [-0.3, -0.25) is 4.79 Å². The van der Waals surface area contributed by atoms with Crippen molar-refractivity contribution in [3.8, 4) is 5.75 Å². The van der Waals surface area contributed by atoms with Crippen molar-refractivity contribution in [3.05, 3.63) is 29.3 Å². The minimum Gasteiger partial charge on any atom is -0.480 e. The van der Waals surface area contributed by atoms with Crippen LogP contribution in [0.25, 0.3) is 0 Å². The van der Waals surface area contributed by atoms with Gasteiger partial charge in [0.05, 0.1) is 0 Å². The monoisotopic (exact) mass is 317 g/mol. The summed E-state index contributed by atoms with van der Waals surface area (Å²) in [7, 11) is 0. The summed E-state index contributed by atoms with van der Waals surface area (Å²) in [5, 5.41) is 11.3. The molecule has 5 nitrogen and oxygen atoms in total. The fraction of sp³-hybridized carbons (Fsp3) is 0.429. The summed E-state index contributed by atoms with van der Waals surface area (Å²) in [6.07, 6.45) is -0.947. The molecule has 0 spiro atoms. The van der Waals surface area contributed by atoms with E-state index in [-0.39, 0.29) is 5.92 Å². The Morgan fingerprint density at radius 3 is 2.57 bits per heavy atom. The van der Waals surface area contributed by atoms with Gasteiger partial charge in [-0.05, 0) is 24.1 Å². The number of rotatable bonds is 7. The number of carbonyl (C=O) groups is 2. The summed E-state index contributed by atoms with van der Waals surface area (Å²) in [4.78, 5) is 22.8. The lowest BCUT2D eigenvalue weighted by atomic mass is 10.1. The van der Waals surface area contributed by atoms with E-state index in [4.69, 9.17) is 21.4 Å². The summed E-state index contributed by atoms with van der Waals surface area (Å²) in [6, 6.07) is 4.89. The first kappa shape index (κ1) is 17.2. The average Bonchev–Trinajstić information content (AvgIpc) is 2.41. The molecule has 0 heterocycles. The van der Waals surface area contributed by atoms with Crippen LogP contribution in [0.2, 0.25) is 5.02 Å². The van der Waals surface area contributed by atoms with Crippen molar-refractivity contribution in [2.45, 2.75) is 26.0 Å². The molecular weight excluding hydrogens is 301 g/mol. The van der Waals surface area contributed by atoms with E-state index in [1.165, 1.54) is 6.07 Å². The van der Waals surface area contributed by atoms with Gasteiger partial charge in [-0.1, -0.05) is 31.5 Å². The Bertz CT molecular complexity index is 510. The number of hydrogen-bond acceptors (Lipinski definition) is 3.